The van der Waals surface area contributed by atoms with Crippen molar-refractivity contribution < 1.29 is 22.7 Å². The molecular weight excluding hydrogens is 335 g/mol. The van der Waals surface area contributed by atoms with E-state index >= 15 is 0 Å². The summed E-state index contributed by atoms with van der Waals surface area (Å²) < 4.78 is 40.5. The van der Waals surface area contributed by atoms with Crippen molar-refractivity contribution >= 4 is 6.03 Å². The highest BCUT2D eigenvalue weighted by Gasteiger charge is 2.27. The molecule has 0 spiro atoms. The van der Waals surface area contributed by atoms with Crippen molar-refractivity contribution in [2.75, 3.05) is 52.5 Å². The Morgan fingerprint density at radius 2 is 1.96 bits per heavy atom. The third kappa shape index (κ3) is 8.09. The van der Waals surface area contributed by atoms with Gasteiger partial charge < -0.3 is 15.0 Å². The zero-order chi connectivity index (χ0) is 18.1. The molecule has 5 nitrogen and oxygen atoms in total. The van der Waals surface area contributed by atoms with Gasteiger partial charge in [0, 0.05) is 45.9 Å². The summed E-state index contributed by atoms with van der Waals surface area (Å²) in [6.07, 6.45) is 3.92. The van der Waals surface area contributed by atoms with Crippen molar-refractivity contribution in [3.05, 3.63) is 12.2 Å². The maximum Gasteiger partial charge on any atom is 0.411 e. The largest absolute Gasteiger partial charge is 0.411 e. The molecule has 1 aliphatic heterocycles. The van der Waals surface area contributed by atoms with E-state index in [1.807, 2.05) is 4.90 Å². The van der Waals surface area contributed by atoms with Crippen LogP contribution in [-0.4, -0.2) is 74.5 Å². The van der Waals surface area contributed by atoms with Crippen LogP contribution in [0, 0.1) is 5.92 Å². The van der Waals surface area contributed by atoms with Crippen LogP contribution in [-0.2, 0) is 4.74 Å². The second-order valence-corrected chi connectivity index (χ2v) is 6.69. The normalized spacial score (nSPS) is 22.2. The smallest absolute Gasteiger partial charge is 0.372 e. The maximum atomic E-state index is 12.2. The fourth-order valence-electron chi connectivity index (χ4n) is 3.14. The van der Waals surface area contributed by atoms with Gasteiger partial charge in [0.15, 0.2) is 0 Å². The minimum atomic E-state index is -4.26. The second kappa shape index (κ2) is 10.0. The number of allylic oxidation sites excluding steroid dienone is 2. The minimum absolute atomic E-state index is 0.0114. The molecule has 1 heterocycles. The van der Waals surface area contributed by atoms with E-state index in [-0.39, 0.29) is 12.6 Å². The summed E-state index contributed by atoms with van der Waals surface area (Å²) in [4.78, 5) is 16.2. The Morgan fingerprint density at radius 3 is 2.60 bits per heavy atom. The van der Waals surface area contributed by atoms with Crippen LogP contribution in [0.4, 0.5) is 18.0 Å². The first kappa shape index (κ1) is 20.0. The Bertz CT molecular complexity index is 435. The molecule has 1 N–H and O–H groups in total. The van der Waals surface area contributed by atoms with E-state index in [0.29, 0.717) is 32.0 Å². The number of carbonyl (C=O) groups excluding carboxylic acids is 1. The predicted molar refractivity (Wildman–Crippen MR) is 89.4 cm³/mol. The Hall–Kier alpha value is -1.28. The van der Waals surface area contributed by atoms with Gasteiger partial charge in [-0.3, -0.25) is 4.90 Å². The number of nitrogens with zero attached hydrogens (tertiary/aromatic N) is 2. The summed E-state index contributed by atoms with van der Waals surface area (Å²) in [6, 6.07) is -0.0114. The highest BCUT2D eigenvalue weighted by molar-refractivity contribution is 5.74. The molecular formula is C17H28F3N3O2. The standard InChI is InChI=1S/C17H28F3N3O2/c18-17(19,20)14-25-12-4-7-22-8-10-23(11-9-22)16(24)21-13-15-5-2-1-3-6-15/h1-2,15H,3-14H2,(H,21,24). The van der Waals surface area contributed by atoms with Gasteiger partial charge in [0.05, 0.1) is 0 Å². The number of alkyl halides is 3. The van der Waals surface area contributed by atoms with E-state index in [2.05, 4.69) is 27.1 Å². The fourth-order valence-corrected chi connectivity index (χ4v) is 3.14. The first-order valence-electron chi connectivity index (χ1n) is 8.98. The van der Waals surface area contributed by atoms with Gasteiger partial charge in [0.1, 0.15) is 6.61 Å². The number of hydrogen-bond acceptors (Lipinski definition) is 3. The number of carbonyl (C=O) groups is 1. The first-order chi connectivity index (χ1) is 11.9. The third-order valence-electron chi connectivity index (χ3n) is 4.61. The van der Waals surface area contributed by atoms with Gasteiger partial charge in [-0.25, -0.2) is 4.79 Å². The molecule has 0 aromatic carbocycles. The van der Waals surface area contributed by atoms with Gasteiger partial charge in [-0.1, -0.05) is 12.2 Å². The lowest BCUT2D eigenvalue weighted by Gasteiger charge is -2.35. The van der Waals surface area contributed by atoms with Crippen molar-refractivity contribution in [3.63, 3.8) is 0 Å². The quantitative estimate of drug-likeness (QED) is 0.559. The molecule has 0 saturated carbocycles. The summed E-state index contributed by atoms with van der Waals surface area (Å²) in [5.41, 5.74) is 0. The third-order valence-corrected chi connectivity index (χ3v) is 4.61. The Balaban J connectivity index is 1.53. The molecule has 144 valence electrons. The van der Waals surface area contributed by atoms with E-state index in [9.17, 15) is 18.0 Å². The van der Waals surface area contributed by atoms with Crippen molar-refractivity contribution in [2.24, 2.45) is 5.92 Å². The summed E-state index contributed by atoms with van der Waals surface area (Å²) >= 11 is 0. The molecule has 0 aromatic rings. The van der Waals surface area contributed by atoms with Gasteiger partial charge in [-0.2, -0.15) is 13.2 Å². The Kier molecular flexibility index (Phi) is 8.02. The molecule has 8 heteroatoms. The lowest BCUT2D eigenvalue weighted by molar-refractivity contribution is -0.174. The molecule has 2 amide bonds. The van der Waals surface area contributed by atoms with Crippen LogP contribution in [0.2, 0.25) is 0 Å². The molecule has 0 radical (unpaired) electrons. The van der Waals surface area contributed by atoms with Gasteiger partial charge in [-0.15, -0.1) is 0 Å². The molecule has 0 bridgehead atoms. The van der Waals surface area contributed by atoms with Crippen LogP contribution in [0.5, 0.6) is 0 Å². The lowest BCUT2D eigenvalue weighted by Crippen LogP contribution is -2.52. The molecule has 1 atom stereocenters. The topological polar surface area (TPSA) is 44.8 Å². The average Bonchev–Trinajstić information content (AvgIpc) is 2.60. The van der Waals surface area contributed by atoms with Gasteiger partial charge >= 0.3 is 12.2 Å². The minimum Gasteiger partial charge on any atom is -0.372 e. The number of piperazine rings is 1. The van der Waals surface area contributed by atoms with E-state index in [0.717, 1.165) is 38.9 Å². The number of amides is 2. The van der Waals surface area contributed by atoms with E-state index < -0.39 is 12.8 Å². The zero-order valence-electron chi connectivity index (χ0n) is 14.6. The molecule has 1 unspecified atom stereocenters. The molecule has 1 aliphatic carbocycles. The Labute approximate surface area is 147 Å². The maximum absolute atomic E-state index is 12.2. The van der Waals surface area contributed by atoms with Gasteiger partial charge in [0.2, 0.25) is 0 Å². The number of rotatable bonds is 7. The second-order valence-electron chi connectivity index (χ2n) is 6.69. The van der Waals surface area contributed by atoms with Crippen molar-refractivity contribution in [1.29, 1.82) is 0 Å². The highest BCUT2D eigenvalue weighted by Crippen LogP contribution is 2.17. The summed E-state index contributed by atoms with van der Waals surface area (Å²) in [5, 5.41) is 3.02. The fraction of sp³-hybridized carbons (Fsp3) is 0.824. The van der Waals surface area contributed by atoms with Crippen molar-refractivity contribution in [2.45, 2.75) is 31.9 Å². The molecule has 2 aliphatic rings. The van der Waals surface area contributed by atoms with Gasteiger partial charge in [0.25, 0.3) is 0 Å². The number of nitrogens with one attached hydrogen (secondary N) is 1. The average molecular weight is 363 g/mol. The van der Waals surface area contributed by atoms with Gasteiger partial charge in [-0.05, 0) is 31.6 Å². The molecule has 2 rings (SSSR count). The van der Waals surface area contributed by atoms with Crippen LogP contribution in [0.25, 0.3) is 0 Å². The first-order valence-corrected chi connectivity index (χ1v) is 8.98. The lowest BCUT2D eigenvalue weighted by atomic mass is 9.94. The van der Waals surface area contributed by atoms with Crippen LogP contribution in [0.1, 0.15) is 25.7 Å². The van der Waals surface area contributed by atoms with Crippen LogP contribution >= 0.6 is 0 Å². The van der Waals surface area contributed by atoms with Crippen LogP contribution < -0.4 is 5.32 Å². The highest BCUT2D eigenvalue weighted by atomic mass is 19.4. The number of urea groups is 1. The molecule has 25 heavy (non-hydrogen) atoms. The van der Waals surface area contributed by atoms with E-state index in [1.54, 1.807) is 0 Å². The Morgan fingerprint density at radius 1 is 1.20 bits per heavy atom. The zero-order valence-corrected chi connectivity index (χ0v) is 14.6. The molecule has 0 aromatic heterocycles. The van der Waals surface area contributed by atoms with E-state index in [4.69, 9.17) is 0 Å². The number of ether oxygens (including phenoxy) is 1. The molecule has 1 saturated heterocycles. The van der Waals surface area contributed by atoms with Crippen LogP contribution in [0.15, 0.2) is 12.2 Å². The molecule has 1 fully saturated rings. The number of hydrogen-bond donors (Lipinski definition) is 1. The number of halogens is 3. The van der Waals surface area contributed by atoms with Crippen LogP contribution in [0.3, 0.4) is 0 Å². The summed E-state index contributed by atoms with van der Waals surface area (Å²) in [6.45, 7) is 3.15. The van der Waals surface area contributed by atoms with E-state index in [1.165, 1.54) is 0 Å². The van der Waals surface area contributed by atoms with Crippen molar-refractivity contribution in [3.8, 4) is 0 Å². The summed E-state index contributed by atoms with van der Waals surface area (Å²) in [7, 11) is 0. The summed E-state index contributed by atoms with van der Waals surface area (Å²) in [5.74, 6) is 0.534. The van der Waals surface area contributed by atoms with Crippen molar-refractivity contribution in [1.82, 2.24) is 15.1 Å². The monoisotopic (exact) mass is 363 g/mol. The predicted octanol–water partition coefficient (Wildman–Crippen LogP) is 2.64. The SMILES string of the molecule is O=C(NCC1CC=CCC1)N1CCN(CCCOCC(F)(F)F)CC1.